The Morgan fingerprint density at radius 1 is 1.05 bits per heavy atom. The third kappa shape index (κ3) is 3.37. The molecule has 0 spiro atoms. The highest BCUT2D eigenvalue weighted by molar-refractivity contribution is 5.37. The molecule has 0 saturated carbocycles. The van der Waals surface area contributed by atoms with Crippen LogP contribution in [0.2, 0.25) is 0 Å². The highest BCUT2D eigenvalue weighted by Gasteiger charge is 2.13. The molecule has 0 saturated heterocycles. The second-order valence-corrected chi connectivity index (χ2v) is 5.32. The van der Waals surface area contributed by atoms with E-state index in [1.807, 2.05) is 24.3 Å². The number of hydrogen-bond donors (Lipinski definition) is 0. The van der Waals surface area contributed by atoms with Crippen LogP contribution in [-0.2, 0) is 5.41 Å². The van der Waals surface area contributed by atoms with E-state index in [4.69, 9.17) is 4.74 Å². The highest BCUT2D eigenvalue weighted by atomic mass is 16.5. The van der Waals surface area contributed by atoms with Crippen molar-refractivity contribution in [2.45, 2.75) is 26.2 Å². The summed E-state index contributed by atoms with van der Waals surface area (Å²) in [6, 6.07) is 11.1. The fourth-order valence-corrected chi connectivity index (χ4v) is 1.63. The van der Waals surface area contributed by atoms with Crippen molar-refractivity contribution in [2.75, 3.05) is 0 Å². The SMILES string of the molecule is CC(C)(C)c1ccc(Oc2ccc(N=O)cn2)cc1. The number of hydrogen-bond acceptors (Lipinski definition) is 4. The maximum atomic E-state index is 10.3. The van der Waals surface area contributed by atoms with E-state index in [9.17, 15) is 4.91 Å². The molecule has 0 radical (unpaired) electrons. The topological polar surface area (TPSA) is 51.5 Å². The molecule has 0 atom stereocenters. The molecule has 4 nitrogen and oxygen atoms in total. The second-order valence-electron chi connectivity index (χ2n) is 5.32. The van der Waals surface area contributed by atoms with Gasteiger partial charge in [0.2, 0.25) is 5.88 Å². The first-order chi connectivity index (χ1) is 8.99. The van der Waals surface area contributed by atoms with Crippen LogP contribution in [0.4, 0.5) is 5.69 Å². The minimum absolute atomic E-state index is 0.119. The maximum absolute atomic E-state index is 10.3. The summed E-state index contributed by atoms with van der Waals surface area (Å²) in [5.74, 6) is 1.16. The van der Waals surface area contributed by atoms with Crippen molar-refractivity contribution < 1.29 is 4.74 Å². The molecule has 19 heavy (non-hydrogen) atoms. The van der Waals surface area contributed by atoms with Gasteiger partial charge in [-0.3, -0.25) is 0 Å². The van der Waals surface area contributed by atoms with Crippen molar-refractivity contribution in [1.29, 1.82) is 0 Å². The summed E-state index contributed by atoms with van der Waals surface area (Å²) in [6.45, 7) is 6.49. The summed E-state index contributed by atoms with van der Waals surface area (Å²) in [7, 11) is 0. The van der Waals surface area contributed by atoms with Gasteiger partial charge in [0.1, 0.15) is 11.4 Å². The number of rotatable bonds is 3. The molecule has 0 aliphatic carbocycles. The third-order valence-electron chi connectivity index (χ3n) is 2.77. The predicted molar refractivity (Wildman–Crippen MR) is 74.9 cm³/mol. The van der Waals surface area contributed by atoms with Crippen molar-refractivity contribution in [3.63, 3.8) is 0 Å². The van der Waals surface area contributed by atoms with Gasteiger partial charge in [0.15, 0.2) is 0 Å². The van der Waals surface area contributed by atoms with Gasteiger partial charge in [-0.2, -0.15) is 0 Å². The molecule has 0 fully saturated rings. The standard InChI is InChI=1S/C15H16N2O2/c1-15(2,3)11-4-7-13(8-5-11)19-14-9-6-12(17-18)10-16-14/h4-10H,1-3H3. The Bertz CT molecular complexity index is 554. The van der Waals surface area contributed by atoms with E-state index < -0.39 is 0 Å². The minimum atomic E-state index is 0.119. The molecule has 1 aromatic heterocycles. The first kappa shape index (κ1) is 13.2. The summed E-state index contributed by atoms with van der Waals surface area (Å²) in [5, 5.41) is 2.79. The van der Waals surface area contributed by atoms with E-state index in [1.54, 1.807) is 12.1 Å². The molecule has 0 aliphatic rings. The molecule has 98 valence electrons. The van der Waals surface area contributed by atoms with Gasteiger partial charge in [0.05, 0.1) is 6.20 Å². The first-order valence-electron chi connectivity index (χ1n) is 6.07. The summed E-state index contributed by atoms with van der Waals surface area (Å²) < 4.78 is 5.59. The quantitative estimate of drug-likeness (QED) is 0.756. The van der Waals surface area contributed by atoms with Crippen LogP contribution < -0.4 is 4.74 Å². The zero-order chi connectivity index (χ0) is 13.9. The largest absolute Gasteiger partial charge is 0.439 e. The van der Waals surface area contributed by atoms with Crippen LogP contribution in [0.5, 0.6) is 11.6 Å². The summed E-state index contributed by atoms with van der Waals surface area (Å²) >= 11 is 0. The van der Waals surface area contributed by atoms with Crippen LogP contribution in [-0.4, -0.2) is 4.98 Å². The average molecular weight is 256 g/mol. The Morgan fingerprint density at radius 2 is 1.74 bits per heavy atom. The van der Waals surface area contributed by atoms with Gasteiger partial charge in [-0.05, 0) is 34.4 Å². The molecule has 0 unspecified atom stereocenters. The van der Waals surface area contributed by atoms with Crippen LogP contribution in [0.3, 0.4) is 0 Å². The highest BCUT2D eigenvalue weighted by Crippen LogP contribution is 2.26. The predicted octanol–water partition coefficient (Wildman–Crippen LogP) is 4.57. The lowest BCUT2D eigenvalue weighted by Gasteiger charge is -2.19. The lowest BCUT2D eigenvalue weighted by Crippen LogP contribution is -2.10. The van der Waals surface area contributed by atoms with E-state index in [-0.39, 0.29) is 11.1 Å². The van der Waals surface area contributed by atoms with Crippen LogP contribution in [0, 0.1) is 4.91 Å². The van der Waals surface area contributed by atoms with E-state index in [0.717, 1.165) is 0 Å². The van der Waals surface area contributed by atoms with Gasteiger partial charge in [-0.25, -0.2) is 4.98 Å². The monoisotopic (exact) mass is 256 g/mol. The molecule has 0 bridgehead atoms. The molecular weight excluding hydrogens is 240 g/mol. The number of benzene rings is 1. The number of aromatic nitrogens is 1. The lowest BCUT2D eigenvalue weighted by atomic mass is 9.87. The number of nitrogens with zero attached hydrogens (tertiary/aromatic N) is 2. The molecule has 2 rings (SSSR count). The summed E-state index contributed by atoms with van der Waals surface area (Å²) in [6.07, 6.45) is 1.38. The number of nitroso groups, excluding NO2 is 1. The van der Waals surface area contributed by atoms with Gasteiger partial charge in [0, 0.05) is 6.07 Å². The fourth-order valence-electron chi connectivity index (χ4n) is 1.63. The molecule has 0 N–H and O–H groups in total. The molecule has 0 aliphatic heterocycles. The van der Waals surface area contributed by atoms with E-state index in [0.29, 0.717) is 11.6 Å². The lowest BCUT2D eigenvalue weighted by molar-refractivity contribution is 0.462. The average Bonchev–Trinajstić information content (AvgIpc) is 2.39. The van der Waals surface area contributed by atoms with E-state index in [1.165, 1.54) is 11.8 Å². The number of ether oxygens (including phenoxy) is 1. The first-order valence-corrected chi connectivity index (χ1v) is 6.07. The fraction of sp³-hybridized carbons (Fsp3) is 0.267. The van der Waals surface area contributed by atoms with Gasteiger partial charge >= 0.3 is 0 Å². The van der Waals surface area contributed by atoms with Gasteiger partial charge in [0.25, 0.3) is 0 Å². The Kier molecular flexibility index (Phi) is 3.60. The Morgan fingerprint density at radius 3 is 2.21 bits per heavy atom. The van der Waals surface area contributed by atoms with E-state index in [2.05, 4.69) is 30.9 Å². The molecule has 1 heterocycles. The van der Waals surface area contributed by atoms with Gasteiger partial charge in [-0.1, -0.05) is 32.9 Å². The summed E-state index contributed by atoms with van der Waals surface area (Å²) in [4.78, 5) is 14.3. The molecule has 2 aromatic rings. The van der Waals surface area contributed by atoms with Crippen LogP contribution in [0.15, 0.2) is 47.8 Å². The third-order valence-corrected chi connectivity index (χ3v) is 2.77. The van der Waals surface area contributed by atoms with Crippen molar-refractivity contribution in [3.8, 4) is 11.6 Å². The van der Waals surface area contributed by atoms with Crippen molar-refractivity contribution in [3.05, 3.63) is 53.1 Å². The smallest absolute Gasteiger partial charge is 0.219 e. The molecular formula is C15H16N2O2. The Hall–Kier alpha value is -2.23. The number of pyridine rings is 1. The van der Waals surface area contributed by atoms with Crippen molar-refractivity contribution >= 4 is 5.69 Å². The second kappa shape index (κ2) is 5.18. The Labute approximate surface area is 112 Å². The molecule has 1 aromatic carbocycles. The minimum Gasteiger partial charge on any atom is -0.439 e. The van der Waals surface area contributed by atoms with Crippen LogP contribution in [0.1, 0.15) is 26.3 Å². The Balaban J connectivity index is 2.12. The van der Waals surface area contributed by atoms with Crippen LogP contribution in [0.25, 0.3) is 0 Å². The van der Waals surface area contributed by atoms with Crippen molar-refractivity contribution in [2.24, 2.45) is 5.18 Å². The maximum Gasteiger partial charge on any atom is 0.219 e. The van der Waals surface area contributed by atoms with Crippen LogP contribution >= 0.6 is 0 Å². The van der Waals surface area contributed by atoms with Gasteiger partial charge < -0.3 is 4.74 Å². The zero-order valence-corrected chi connectivity index (χ0v) is 11.3. The molecule has 4 heteroatoms. The van der Waals surface area contributed by atoms with E-state index >= 15 is 0 Å². The van der Waals surface area contributed by atoms with Gasteiger partial charge in [-0.15, -0.1) is 4.91 Å². The zero-order valence-electron chi connectivity index (χ0n) is 11.3. The molecule has 0 amide bonds. The normalized spacial score (nSPS) is 11.1. The van der Waals surface area contributed by atoms with Crippen molar-refractivity contribution in [1.82, 2.24) is 4.98 Å². The summed E-state index contributed by atoms with van der Waals surface area (Å²) in [5.41, 5.74) is 1.65.